The predicted octanol–water partition coefficient (Wildman–Crippen LogP) is 3.83. The van der Waals surface area contributed by atoms with E-state index in [-0.39, 0.29) is 0 Å². The Labute approximate surface area is 91.5 Å². The molecule has 14 heavy (non-hydrogen) atoms. The smallest absolute Gasteiger partial charge is 0.0414 e. The third-order valence-electron chi connectivity index (χ3n) is 2.65. The van der Waals surface area contributed by atoms with E-state index in [0.29, 0.717) is 6.04 Å². The summed E-state index contributed by atoms with van der Waals surface area (Å²) in [5.74, 6) is 0.819. The number of hydrogen-bond acceptors (Lipinski definition) is 2. The molecule has 2 unspecified atom stereocenters. The van der Waals surface area contributed by atoms with E-state index in [1.807, 2.05) is 11.3 Å². The zero-order valence-corrected chi connectivity index (χ0v) is 10.2. The lowest BCUT2D eigenvalue weighted by molar-refractivity contribution is 0.410. The minimum absolute atomic E-state index is 0.552. The van der Waals surface area contributed by atoms with E-state index < -0.39 is 0 Å². The van der Waals surface area contributed by atoms with E-state index in [4.69, 9.17) is 0 Å². The average molecular weight is 211 g/mol. The molecule has 0 saturated heterocycles. The third kappa shape index (κ3) is 3.43. The highest BCUT2D eigenvalue weighted by Crippen LogP contribution is 2.26. The lowest BCUT2D eigenvalue weighted by Gasteiger charge is -2.19. The van der Waals surface area contributed by atoms with E-state index in [0.717, 1.165) is 5.92 Å². The molecule has 0 spiro atoms. The second kappa shape index (κ2) is 6.20. The molecular weight excluding hydrogens is 190 g/mol. The molecule has 0 bridgehead atoms. The number of thiophene rings is 1. The minimum atomic E-state index is 0.552. The van der Waals surface area contributed by atoms with E-state index in [1.54, 1.807) is 0 Å². The molecule has 1 aromatic heterocycles. The van der Waals surface area contributed by atoms with Gasteiger partial charge in [-0.25, -0.2) is 0 Å². The number of rotatable bonds is 6. The normalized spacial score (nSPS) is 15.4. The van der Waals surface area contributed by atoms with Crippen LogP contribution in [0.5, 0.6) is 0 Å². The number of hydrogen-bond donors (Lipinski definition) is 1. The summed E-state index contributed by atoms with van der Waals surface area (Å²) in [4.78, 5) is 1.47. The molecule has 1 nitrogen and oxygen atoms in total. The van der Waals surface area contributed by atoms with Gasteiger partial charge in [0.1, 0.15) is 0 Å². The van der Waals surface area contributed by atoms with Crippen LogP contribution < -0.4 is 5.32 Å². The van der Waals surface area contributed by atoms with E-state index in [9.17, 15) is 0 Å². The Hall–Kier alpha value is -0.340. The summed E-state index contributed by atoms with van der Waals surface area (Å²) in [6, 6.07) is 4.91. The Morgan fingerprint density at radius 1 is 1.50 bits per heavy atom. The van der Waals surface area contributed by atoms with Crippen molar-refractivity contribution in [3.8, 4) is 0 Å². The fourth-order valence-electron chi connectivity index (χ4n) is 1.88. The van der Waals surface area contributed by atoms with Gasteiger partial charge in [0.25, 0.3) is 0 Å². The van der Waals surface area contributed by atoms with Crippen molar-refractivity contribution in [2.24, 2.45) is 5.92 Å². The first-order chi connectivity index (χ1) is 6.77. The van der Waals surface area contributed by atoms with Gasteiger partial charge < -0.3 is 5.32 Å². The monoisotopic (exact) mass is 211 g/mol. The Bertz CT molecular complexity index is 230. The van der Waals surface area contributed by atoms with Gasteiger partial charge in [0.2, 0.25) is 0 Å². The highest BCUT2D eigenvalue weighted by molar-refractivity contribution is 7.10. The maximum atomic E-state index is 3.40. The summed E-state index contributed by atoms with van der Waals surface area (Å²) in [6.45, 7) is 4.61. The quantitative estimate of drug-likeness (QED) is 0.754. The van der Waals surface area contributed by atoms with Gasteiger partial charge in [0, 0.05) is 10.9 Å². The van der Waals surface area contributed by atoms with E-state index >= 15 is 0 Å². The Morgan fingerprint density at radius 2 is 2.29 bits per heavy atom. The third-order valence-corrected chi connectivity index (χ3v) is 3.64. The molecule has 1 heterocycles. The Kier molecular flexibility index (Phi) is 5.20. The first-order valence-electron chi connectivity index (χ1n) is 5.48. The highest BCUT2D eigenvalue weighted by Gasteiger charge is 2.13. The Balaban J connectivity index is 2.47. The lowest BCUT2D eigenvalue weighted by atomic mass is 9.96. The van der Waals surface area contributed by atoms with Crippen LogP contribution in [0.2, 0.25) is 0 Å². The van der Waals surface area contributed by atoms with Gasteiger partial charge >= 0.3 is 0 Å². The van der Waals surface area contributed by atoms with Crippen molar-refractivity contribution in [3.63, 3.8) is 0 Å². The molecule has 0 aliphatic heterocycles. The van der Waals surface area contributed by atoms with Crippen molar-refractivity contribution in [1.29, 1.82) is 0 Å². The second-order valence-electron chi connectivity index (χ2n) is 3.99. The van der Waals surface area contributed by atoms with Crippen LogP contribution in [0, 0.1) is 5.92 Å². The van der Waals surface area contributed by atoms with Crippen LogP contribution in [0.3, 0.4) is 0 Å². The van der Waals surface area contributed by atoms with Crippen molar-refractivity contribution >= 4 is 11.3 Å². The molecule has 2 heteroatoms. The van der Waals surface area contributed by atoms with Gasteiger partial charge in [-0.05, 0) is 30.8 Å². The van der Waals surface area contributed by atoms with Crippen molar-refractivity contribution in [1.82, 2.24) is 5.32 Å². The standard InChI is InChI=1S/C12H21NS/c1-4-6-10(2)9-11(13-3)12-7-5-8-14-12/h5,7-8,10-11,13H,4,6,9H2,1-3H3. The van der Waals surface area contributed by atoms with Gasteiger partial charge in [-0.3, -0.25) is 0 Å². The van der Waals surface area contributed by atoms with Crippen LogP contribution in [0.15, 0.2) is 17.5 Å². The fraction of sp³-hybridized carbons (Fsp3) is 0.667. The zero-order chi connectivity index (χ0) is 10.4. The number of nitrogens with one attached hydrogen (secondary N) is 1. The lowest BCUT2D eigenvalue weighted by Crippen LogP contribution is -2.17. The van der Waals surface area contributed by atoms with Crippen LogP contribution in [0.4, 0.5) is 0 Å². The van der Waals surface area contributed by atoms with Gasteiger partial charge in [-0.1, -0.05) is 32.8 Å². The molecule has 2 atom stereocenters. The summed E-state index contributed by atoms with van der Waals surface area (Å²) < 4.78 is 0. The predicted molar refractivity (Wildman–Crippen MR) is 64.8 cm³/mol. The molecule has 0 fully saturated rings. The first-order valence-corrected chi connectivity index (χ1v) is 6.36. The van der Waals surface area contributed by atoms with Crippen LogP contribution >= 0.6 is 11.3 Å². The topological polar surface area (TPSA) is 12.0 Å². The van der Waals surface area contributed by atoms with Crippen molar-refractivity contribution in [2.75, 3.05) is 7.05 Å². The summed E-state index contributed by atoms with van der Waals surface area (Å²) in [6.07, 6.45) is 3.89. The van der Waals surface area contributed by atoms with Crippen LogP contribution in [0.25, 0.3) is 0 Å². The largest absolute Gasteiger partial charge is 0.312 e. The fourth-order valence-corrected chi connectivity index (χ4v) is 2.73. The molecule has 80 valence electrons. The summed E-state index contributed by atoms with van der Waals surface area (Å²) in [7, 11) is 2.06. The Morgan fingerprint density at radius 3 is 2.79 bits per heavy atom. The molecule has 1 aromatic rings. The summed E-state index contributed by atoms with van der Waals surface area (Å²) >= 11 is 1.85. The molecule has 0 amide bonds. The average Bonchev–Trinajstić information content (AvgIpc) is 2.67. The van der Waals surface area contributed by atoms with Crippen LogP contribution in [-0.2, 0) is 0 Å². The summed E-state index contributed by atoms with van der Waals surface area (Å²) in [5.41, 5.74) is 0. The summed E-state index contributed by atoms with van der Waals surface area (Å²) in [5, 5.41) is 5.56. The van der Waals surface area contributed by atoms with Crippen molar-refractivity contribution < 1.29 is 0 Å². The van der Waals surface area contributed by atoms with Gasteiger partial charge in [-0.15, -0.1) is 11.3 Å². The van der Waals surface area contributed by atoms with E-state index in [2.05, 4.69) is 43.7 Å². The molecule has 1 N–H and O–H groups in total. The highest BCUT2D eigenvalue weighted by atomic mass is 32.1. The van der Waals surface area contributed by atoms with Gasteiger partial charge in [-0.2, -0.15) is 0 Å². The first kappa shape index (κ1) is 11.7. The molecule has 0 aliphatic carbocycles. The van der Waals surface area contributed by atoms with Crippen LogP contribution in [-0.4, -0.2) is 7.05 Å². The minimum Gasteiger partial charge on any atom is -0.312 e. The molecule has 0 saturated carbocycles. The molecule has 0 aliphatic rings. The molecule has 1 rings (SSSR count). The molecule has 0 radical (unpaired) electrons. The maximum Gasteiger partial charge on any atom is 0.0414 e. The second-order valence-corrected chi connectivity index (χ2v) is 4.97. The van der Waals surface area contributed by atoms with Gasteiger partial charge in [0.15, 0.2) is 0 Å². The van der Waals surface area contributed by atoms with E-state index in [1.165, 1.54) is 24.1 Å². The van der Waals surface area contributed by atoms with Crippen molar-refractivity contribution in [2.45, 2.75) is 39.2 Å². The van der Waals surface area contributed by atoms with Gasteiger partial charge in [0.05, 0.1) is 0 Å². The zero-order valence-electron chi connectivity index (χ0n) is 9.42. The SMILES string of the molecule is CCCC(C)CC(NC)c1cccs1. The van der Waals surface area contributed by atoms with Crippen molar-refractivity contribution in [3.05, 3.63) is 22.4 Å². The molecule has 0 aromatic carbocycles. The maximum absolute atomic E-state index is 3.40. The van der Waals surface area contributed by atoms with Crippen LogP contribution in [0.1, 0.15) is 44.0 Å². The molecular formula is C12H21NS.